The van der Waals surface area contributed by atoms with E-state index in [9.17, 15) is 14.5 Å². The minimum atomic E-state index is -0.433. The van der Waals surface area contributed by atoms with Crippen LogP contribution in [0.4, 0.5) is 10.1 Å². The summed E-state index contributed by atoms with van der Waals surface area (Å²) in [5, 5.41) is 16.9. The summed E-state index contributed by atoms with van der Waals surface area (Å²) in [6.07, 6.45) is 0.929. The number of hydrogen-bond donors (Lipinski definition) is 2. The lowest BCUT2D eigenvalue weighted by molar-refractivity contribution is -0.384. The molecular formula is C18H21FN4O2. The number of nitro benzene ring substituents is 1. The molecule has 0 heterocycles. The molecular weight excluding hydrogens is 323 g/mol. The summed E-state index contributed by atoms with van der Waals surface area (Å²) in [6.45, 7) is 3.47. The first-order valence-electron chi connectivity index (χ1n) is 8.09. The molecule has 0 unspecified atom stereocenters. The van der Waals surface area contributed by atoms with Crippen LogP contribution in [0, 0.1) is 15.9 Å². The van der Waals surface area contributed by atoms with Gasteiger partial charge < -0.3 is 10.6 Å². The first-order valence-corrected chi connectivity index (χ1v) is 8.09. The van der Waals surface area contributed by atoms with Crippen LogP contribution in [-0.4, -0.2) is 17.4 Å². The highest BCUT2D eigenvalue weighted by atomic mass is 19.1. The summed E-state index contributed by atoms with van der Waals surface area (Å²) in [7, 11) is 0. The third-order valence-corrected chi connectivity index (χ3v) is 3.51. The maximum absolute atomic E-state index is 13.7. The SMILES string of the molecule is CCCNC(=NCc1ccc([N+](=O)[O-])cc1)NCc1ccccc1F. The van der Waals surface area contributed by atoms with E-state index in [2.05, 4.69) is 15.6 Å². The molecule has 2 rings (SSSR count). The molecule has 0 bridgehead atoms. The van der Waals surface area contributed by atoms with E-state index in [0.717, 1.165) is 18.5 Å². The van der Waals surface area contributed by atoms with Gasteiger partial charge in [0.1, 0.15) is 5.82 Å². The summed E-state index contributed by atoms with van der Waals surface area (Å²) in [5.41, 5.74) is 1.47. The van der Waals surface area contributed by atoms with Gasteiger partial charge in [0.15, 0.2) is 5.96 Å². The Hall–Kier alpha value is -2.96. The topological polar surface area (TPSA) is 79.6 Å². The van der Waals surface area contributed by atoms with E-state index in [1.54, 1.807) is 30.3 Å². The van der Waals surface area contributed by atoms with Gasteiger partial charge in [0.25, 0.3) is 5.69 Å². The van der Waals surface area contributed by atoms with Gasteiger partial charge in [-0.15, -0.1) is 0 Å². The number of nitrogens with one attached hydrogen (secondary N) is 2. The van der Waals surface area contributed by atoms with E-state index < -0.39 is 4.92 Å². The molecule has 2 aromatic rings. The van der Waals surface area contributed by atoms with E-state index in [0.29, 0.717) is 24.6 Å². The fraction of sp³-hybridized carbons (Fsp3) is 0.278. The smallest absolute Gasteiger partial charge is 0.269 e. The number of nitro groups is 1. The first-order chi connectivity index (χ1) is 12.1. The van der Waals surface area contributed by atoms with Crippen LogP contribution < -0.4 is 10.6 Å². The Morgan fingerprint density at radius 3 is 2.52 bits per heavy atom. The Morgan fingerprint density at radius 2 is 1.88 bits per heavy atom. The van der Waals surface area contributed by atoms with Crippen molar-refractivity contribution in [3.8, 4) is 0 Å². The number of benzene rings is 2. The summed E-state index contributed by atoms with van der Waals surface area (Å²) in [6, 6.07) is 12.8. The molecule has 0 spiro atoms. The molecule has 6 nitrogen and oxygen atoms in total. The van der Waals surface area contributed by atoms with E-state index >= 15 is 0 Å². The molecule has 0 atom stereocenters. The molecule has 2 N–H and O–H groups in total. The minimum Gasteiger partial charge on any atom is -0.356 e. The molecule has 2 aromatic carbocycles. The van der Waals surface area contributed by atoms with E-state index in [-0.39, 0.29) is 11.5 Å². The molecule has 0 amide bonds. The summed E-state index contributed by atoms with van der Waals surface area (Å²) in [5.74, 6) is 0.309. The largest absolute Gasteiger partial charge is 0.356 e. The molecule has 0 fully saturated rings. The van der Waals surface area contributed by atoms with Crippen molar-refractivity contribution in [1.82, 2.24) is 10.6 Å². The van der Waals surface area contributed by atoms with Crippen molar-refractivity contribution in [2.75, 3.05) is 6.54 Å². The number of nitrogens with zero attached hydrogens (tertiary/aromatic N) is 2. The number of aliphatic imine (C=N–C) groups is 1. The van der Waals surface area contributed by atoms with Crippen LogP contribution in [0.3, 0.4) is 0 Å². The number of rotatable bonds is 7. The van der Waals surface area contributed by atoms with Gasteiger partial charge in [-0.2, -0.15) is 0 Å². The zero-order valence-electron chi connectivity index (χ0n) is 14.0. The summed E-state index contributed by atoms with van der Waals surface area (Å²) >= 11 is 0. The van der Waals surface area contributed by atoms with Crippen molar-refractivity contribution >= 4 is 11.6 Å². The van der Waals surface area contributed by atoms with Gasteiger partial charge in [0.2, 0.25) is 0 Å². The Kier molecular flexibility index (Phi) is 6.88. The molecule has 0 aliphatic rings. The van der Waals surface area contributed by atoms with Gasteiger partial charge in [-0.05, 0) is 18.1 Å². The maximum Gasteiger partial charge on any atom is 0.269 e. The van der Waals surface area contributed by atoms with Crippen LogP contribution in [0.25, 0.3) is 0 Å². The average molecular weight is 344 g/mol. The average Bonchev–Trinajstić information content (AvgIpc) is 2.62. The van der Waals surface area contributed by atoms with Crippen molar-refractivity contribution in [3.05, 3.63) is 75.6 Å². The summed E-state index contributed by atoms with van der Waals surface area (Å²) < 4.78 is 13.7. The van der Waals surface area contributed by atoms with Crippen LogP contribution in [0.1, 0.15) is 24.5 Å². The standard InChI is InChI=1S/C18H21FN4O2/c1-2-11-20-18(22-13-15-5-3-4-6-17(15)19)21-12-14-7-9-16(10-8-14)23(24)25/h3-10H,2,11-13H2,1H3,(H2,20,21,22). The van der Waals surface area contributed by atoms with Gasteiger partial charge in [-0.1, -0.05) is 37.3 Å². The number of guanidine groups is 1. The second kappa shape index (κ2) is 9.36. The third kappa shape index (κ3) is 5.87. The van der Waals surface area contributed by atoms with Crippen molar-refractivity contribution in [2.24, 2.45) is 4.99 Å². The molecule has 0 radical (unpaired) electrons. The fourth-order valence-electron chi connectivity index (χ4n) is 2.13. The second-order valence-electron chi connectivity index (χ2n) is 5.46. The van der Waals surface area contributed by atoms with Gasteiger partial charge in [0.05, 0.1) is 11.5 Å². The highest BCUT2D eigenvalue weighted by Gasteiger charge is 2.05. The molecule has 7 heteroatoms. The lowest BCUT2D eigenvalue weighted by atomic mass is 10.2. The van der Waals surface area contributed by atoms with Crippen LogP contribution in [0.5, 0.6) is 0 Å². The highest BCUT2D eigenvalue weighted by molar-refractivity contribution is 5.79. The maximum atomic E-state index is 13.7. The van der Waals surface area contributed by atoms with Gasteiger partial charge in [-0.3, -0.25) is 10.1 Å². The van der Waals surface area contributed by atoms with Crippen molar-refractivity contribution < 1.29 is 9.31 Å². The predicted octanol–water partition coefficient (Wildman–Crippen LogP) is 3.38. The van der Waals surface area contributed by atoms with E-state index in [1.165, 1.54) is 18.2 Å². The van der Waals surface area contributed by atoms with Crippen LogP contribution in [-0.2, 0) is 13.1 Å². The molecule has 0 aromatic heterocycles. The lowest BCUT2D eigenvalue weighted by Crippen LogP contribution is -2.37. The fourth-order valence-corrected chi connectivity index (χ4v) is 2.13. The molecule has 0 saturated carbocycles. The van der Waals surface area contributed by atoms with Crippen LogP contribution >= 0.6 is 0 Å². The Labute approximate surface area is 145 Å². The normalized spacial score (nSPS) is 11.2. The number of non-ortho nitro benzene ring substituents is 1. The molecule has 0 aliphatic carbocycles. The van der Waals surface area contributed by atoms with Crippen LogP contribution in [0.15, 0.2) is 53.5 Å². The zero-order valence-corrected chi connectivity index (χ0v) is 14.0. The van der Waals surface area contributed by atoms with E-state index in [4.69, 9.17) is 0 Å². The summed E-state index contributed by atoms with van der Waals surface area (Å²) in [4.78, 5) is 14.7. The quantitative estimate of drug-likeness (QED) is 0.349. The van der Waals surface area contributed by atoms with Gasteiger partial charge in [0, 0.05) is 30.8 Å². The van der Waals surface area contributed by atoms with E-state index in [1.807, 2.05) is 6.92 Å². The monoisotopic (exact) mass is 344 g/mol. The number of halogens is 1. The van der Waals surface area contributed by atoms with Crippen molar-refractivity contribution in [2.45, 2.75) is 26.4 Å². The second-order valence-corrected chi connectivity index (χ2v) is 5.46. The van der Waals surface area contributed by atoms with Crippen molar-refractivity contribution in [1.29, 1.82) is 0 Å². The molecule has 25 heavy (non-hydrogen) atoms. The third-order valence-electron chi connectivity index (χ3n) is 3.51. The highest BCUT2D eigenvalue weighted by Crippen LogP contribution is 2.12. The molecule has 132 valence electrons. The minimum absolute atomic E-state index is 0.0507. The number of hydrogen-bond acceptors (Lipinski definition) is 3. The Bertz CT molecular complexity index is 732. The zero-order chi connectivity index (χ0) is 18.1. The Morgan fingerprint density at radius 1 is 1.16 bits per heavy atom. The van der Waals surface area contributed by atoms with Gasteiger partial charge >= 0.3 is 0 Å². The first kappa shape index (κ1) is 18.4. The lowest BCUT2D eigenvalue weighted by Gasteiger charge is -2.12. The molecule has 0 saturated heterocycles. The van der Waals surface area contributed by atoms with Crippen molar-refractivity contribution in [3.63, 3.8) is 0 Å². The van der Waals surface area contributed by atoms with Gasteiger partial charge in [-0.25, -0.2) is 9.38 Å². The predicted molar refractivity (Wildman–Crippen MR) is 95.8 cm³/mol. The Balaban J connectivity index is 2.01. The van der Waals surface area contributed by atoms with Crippen LogP contribution in [0.2, 0.25) is 0 Å². The molecule has 0 aliphatic heterocycles.